The maximum Gasteiger partial charge on any atom is 0.261 e. The SMILES string of the molecule is Cc1cc(OCC(=O)N(Cc2ccc(Cl)cc2)[C@H](C)C(=O)NC(C)C)cc(C)c1Br. The van der Waals surface area contributed by atoms with Gasteiger partial charge in [-0.25, -0.2) is 0 Å². The molecule has 0 heterocycles. The summed E-state index contributed by atoms with van der Waals surface area (Å²) in [5, 5.41) is 3.48. The van der Waals surface area contributed by atoms with Gasteiger partial charge in [-0.15, -0.1) is 0 Å². The third-order valence-corrected chi connectivity index (χ3v) is 6.14. The van der Waals surface area contributed by atoms with Crippen molar-refractivity contribution in [1.29, 1.82) is 0 Å². The summed E-state index contributed by atoms with van der Waals surface area (Å²) in [6, 6.07) is 10.3. The van der Waals surface area contributed by atoms with Crippen LogP contribution < -0.4 is 10.1 Å². The first-order chi connectivity index (χ1) is 14.1. The molecule has 0 bridgehead atoms. The van der Waals surface area contributed by atoms with Crippen molar-refractivity contribution >= 4 is 39.3 Å². The molecule has 162 valence electrons. The number of aryl methyl sites for hydroxylation is 2. The van der Waals surface area contributed by atoms with Gasteiger partial charge in [0, 0.05) is 22.1 Å². The lowest BCUT2D eigenvalue weighted by atomic mass is 10.1. The topological polar surface area (TPSA) is 58.6 Å². The molecule has 1 atom stereocenters. The number of nitrogens with one attached hydrogen (secondary N) is 1. The van der Waals surface area contributed by atoms with Crippen LogP contribution in [0.4, 0.5) is 0 Å². The zero-order chi connectivity index (χ0) is 22.4. The van der Waals surface area contributed by atoms with Gasteiger partial charge in [-0.2, -0.15) is 0 Å². The molecule has 5 nitrogen and oxygen atoms in total. The van der Waals surface area contributed by atoms with Crippen molar-refractivity contribution in [2.45, 2.75) is 53.2 Å². The zero-order valence-corrected chi connectivity index (χ0v) is 20.3. The summed E-state index contributed by atoms with van der Waals surface area (Å²) in [5.41, 5.74) is 2.94. The Bertz CT molecular complexity index is 877. The highest BCUT2D eigenvalue weighted by Crippen LogP contribution is 2.26. The van der Waals surface area contributed by atoms with Crippen molar-refractivity contribution in [2.24, 2.45) is 0 Å². The van der Waals surface area contributed by atoms with E-state index in [9.17, 15) is 9.59 Å². The highest BCUT2D eigenvalue weighted by atomic mass is 79.9. The lowest BCUT2D eigenvalue weighted by Gasteiger charge is -2.29. The molecular formula is C23H28BrClN2O3. The maximum atomic E-state index is 13.0. The van der Waals surface area contributed by atoms with E-state index in [0.717, 1.165) is 21.2 Å². The molecule has 0 spiro atoms. The molecule has 2 aromatic rings. The Hall–Kier alpha value is -2.05. The van der Waals surface area contributed by atoms with E-state index in [2.05, 4.69) is 21.2 Å². The van der Waals surface area contributed by atoms with E-state index in [4.69, 9.17) is 16.3 Å². The van der Waals surface area contributed by atoms with Crippen LogP contribution in [-0.4, -0.2) is 35.4 Å². The summed E-state index contributed by atoms with van der Waals surface area (Å²) < 4.78 is 6.79. The van der Waals surface area contributed by atoms with E-state index in [1.165, 1.54) is 4.90 Å². The van der Waals surface area contributed by atoms with Gasteiger partial charge in [0.25, 0.3) is 5.91 Å². The van der Waals surface area contributed by atoms with Crippen molar-refractivity contribution in [2.75, 3.05) is 6.61 Å². The smallest absolute Gasteiger partial charge is 0.261 e. The number of carbonyl (C=O) groups is 2. The van der Waals surface area contributed by atoms with Crippen LogP contribution in [0.15, 0.2) is 40.9 Å². The molecule has 0 aliphatic heterocycles. The Morgan fingerprint density at radius 1 is 1.10 bits per heavy atom. The molecule has 2 aromatic carbocycles. The maximum absolute atomic E-state index is 13.0. The monoisotopic (exact) mass is 494 g/mol. The Kier molecular flexibility index (Phi) is 8.74. The summed E-state index contributed by atoms with van der Waals surface area (Å²) in [7, 11) is 0. The molecular weight excluding hydrogens is 468 g/mol. The van der Waals surface area contributed by atoms with Gasteiger partial charge < -0.3 is 15.0 Å². The predicted octanol–water partition coefficient (Wildman–Crippen LogP) is 5.04. The molecule has 1 N–H and O–H groups in total. The number of halogens is 2. The van der Waals surface area contributed by atoms with Crippen molar-refractivity contribution in [3.63, 3.8) is 0 Å². The fraction of sp³-hybridized carbons (Fsp3) is 0.391. The number of carbonyl (C=O) groups excluding carboxylic acids is 2. The standard InChI is InChI=1S/C23H28BrClN2O3/c1-14(2)26-23(29)17(5)27(12-18-6-8-19(25)9-7-18)21(28)13-30-20-10-15(3)22(24)16(4)11-20/h6-11,14,17H,12-13H2,1-5H3,(H,26,29)/t17-/m1/s1. The third kappa shape index (κ3) is 6.74. The van der Waals surface area contributed by atoms with Crippen molar-refractivity contribution in [1.82, 2.24) is 10.2 Å². The molecule has 0 aliphatic rings. The molecule has 2 rings (SSSR count). The summed E-state index contributed by atoms with van der Waals surface area (Å²) in [5.74, 6) is 0.143. The van der Waals surface area contributed by atoms with Crippen LogP contribution in [0.2, 0.25) is 5.02 Å². The van der Waals surface area contributed by atoms with Gasteiger partial charge in [0.2, 0.25) is 5.91 Å². The molecule has 0 unspecified atom stereocenters. The summed E-state index contributed by atoms with van der Waals surface area (Å²) in [4.78, 5) is 27.1. The lowest BCUT2D eigenvalue weighted by molar-refractivity contribution is -0.142. The lowest BCUT2D eigenvalue weighted by Crippen LogP contribution is -2.50. The first-order valence-electron chi connectivity index (χ1n) is 9.82. The summed E-state index contributed by atoms with van der Waals surface area (Å²) >= 11 is 9.50. The molecule has 7 heteroatoms. The number of rotatable bonds is 8. The third-order valence-electron chi connectivity index (χ3n) is 4.64. The molecule has 0 aromatic heterocycles. The first kappa shape index (κ1) is 24.2. The van der Waals surface area contributed by atoms with Gasteiger partial charge in [-0.05, 0) is 75.6 Å². The van der Waals surface area contributed by atoms with Crippen LogP contribution in [0.25, 0.3) is 0 Å². The Morgan fingerprint density at radius 2 is 1.67 bits per heavy atom. The molecule has 30 heavy (non-hydrogen) atoms. The van der Waals surface area contributed by atoms with Crippen LogP contribution in [0.1, 0.15) is 37.5 Å². The minimum absolute atomic E-state index is 0.0163. The highest BCUT2D eigenvalue weighted by Gasteiger charge is 2.27. The zero-order valence-electron chi connectivity index (χ0n) is 18.0. The van der Waals surface area contributed by atoms with E-state index in [0.29, 0.717) is 10.8 Å². The van der Waals surface area contributed by atoms with Gasteiger partial charge in [-0.1, -0.05) is 39.7 Å². The number of hydrogen-bond acceptors (Lipinski definition) is 3. The number of nitrogens with zero attached hydrogens (tertiary/aromatic N) is 1. The van der Waals surface area contributed by atoms with Crippen molar-refractivity contribution < 1.29 is 14.3 Å². The second-order valence-corrected chi connectivity index (χ2v) is 8.88. The molecule has 2 amide bonds. The van der Waals surface area contributed by atoms with Crippen LogP contribution >= 0.6 is 27.5 Å². The van der Waals surface area contributed by atoms with Crippen LogP contribution in [-0.2, 0) is 16.1 Å². The first-order valence-corrected chi connectivity index (χ1v) is 11.0. The summed E-state index contributed by atoms with van der Waals surface area (Å²) in [6.45, 7) is 9.56. The van der Waals surface area contributed by atoms with Crippen LogP contribution in [0.5, 0.6) is 5.75 Å². The predicted molar refractivity (Wildman–Crippen MR) is 124 cm³/mol. The van der Waals surface area contributed by atoms with Crippen LogP contribution in [0, 0.1) is 13.8 Å². The second-order valence-electron chi connectivity index (χ2n) is 7.65. The van der Waals surface area contributed by atoms with E-state index in [-0.39, 0.29) is 31.0 Å². The fourth-order valence-electron chi connectivity index (χ4n) is 2.99. The van der Waals surface area contributed by atoms with Gasteiger partial charge in [0.15, 0.2) is 6.61 Å². The normalized spacial score (nSPS) is 11.9. The van der Waals surface area contributed by atoms with Crippen molar-refractivity contribution in [3.8, 4) is 5.75 Å². The quantitative estimate of drug-likeness (QED) is 0.558. The van der Waals surface area contributed by atoms with E-state index < -0.39 is 6.04 Å². The van der Waals surface area contributed by atoms with Crippen LogP contribution in [0.3, 0.4) is 0 Å². The van der Waals surface area contributed by atoms with E-state index >= 15 is 0 Å². The minimum Gasteiger partial charge on any atom is -0.484 e. The largest absolute Gasteiger partial charge is 0.484 e. The molecule has 0 aliphatic carbocycles. The highest BCUT2D eigenvalue weighted by molar-refractivity contribution is 9.10. The van der Waals surface area contributed by atoms with E-state index in [1.54, 1.807) is 19.1 Å². The molecule has 0 radical (unpaired) electrons. The number of amides is 2. The summed E-state index contributed by atoms with van der Waals surface area (Å²) in [6.07, 6.45) is 0. The van der Waals surface area contributed by atoms with Crippen molar-refractivity contribution in [3.05, 3.63) is 62.6 Å². The molecule has 0 saturated carbocycles. The minimum atomic E-state index is -0.646. The van der Waals surface area contributed by atoms with Gasteiger partial charge in [0.05, 0.1) is 0 Å². The Balaban J connectivity index is 2.18. The molecule has 0 fully saturated rings. The number of benzene rings is 2. The Labute approximate surface area is 191 Å². The number of ether oxygens (including phenoxy) is 1. The van der Waals surface area contributed by atoms with Gasteiger partial charge in [0.1, 0.15) is 11.8 Å². The number of hydrogen-bond donors (Lipinski definition) is 1. The fourth-order valence-corrected chi connectivity index (χ4v) is 3.35. The second kappa shape index (κ2) is 10.8. The average Bonchev–Trinajstić information content (AvgIpc) is 2.68. The average molecular weight is 496 g/mol. The Morgan fingerprint density at radius 3 is 2.20 bits per heavy atom. The van der Waals surface area contributed by atoms with Gasteiger partial charge >= 0.3 is 0 Å². The molecule has 0 saturated heterocycles. The van der Waals surface area contributed by atoms with Gasteiger partial charge in [-0.3, -0.25) is 9.59 Å². The van der Waals surface area contributed by atoms with E-state index in [1.807, 2.05) is 52.0 Å².